The molecule has 0 N–H and O–H groups in total. The van der Waals surface area contributed by atoms with Crippen LogP contribution in [0, 0.1) is 0 Å². The SMILES string of the molecule is [Cl-].c1ccc(P(c2ccccc2)c2ccccc2[As+](c2ccccc2)(c2ccccc2)c2ccccc2)cc1. The van der Waals surface area contributed by atoms with Crippen LogP contribution in [0.5, 0.6) is 0 Å². The van der Waals surface area contributed by atoms with Crippen LogP contribution in [-0.2, 0) is 0 Å². The second kappa shape index (κ2) is 12.6. The average Bonchev–Trinajstić information content (AvgIpc) is 3.01. The molecule has 39 heavy (non-hydrogen) atoms. The summed E-state index contributed by atoms with van der Waals surface area (Å²) in [5.74, 6) is 0. The number of benzene rings is 6. The van der Waals surface area contributed by atoms with Gasteiger partial charge < -0.3 is 12.4 Å². The molecule has 0 saturated carbocycles. The van der Waals surface area contributed by atoms with Gasteiger partial charge in [-0.25, -0.2) is 0 Å². The van der Waals surface area contributed by atoms with Gasteiger partial charge in [0.1, 0.15) is 0 Å². The van der Waals surface area contributed by atoms with Gasteiger partial charge in [-0.05, 0) is 0 Å². The summed E-state index contributed by atoms with van der Waals surface area (Å²) in [6.07, 6.45) is 0. The Morgan fingerprint density at radius 2 is 0.641 bits per heavy atom. The van der Waals surface area contributed by atoms with Gasteiger partial charge in [-0.15, -0.1) is 0 Å². The normalized spacial score (nSPS) is 11.1. The van der Waals surface area contributed by atoms with E-state index in [9.17, 15) is 0 Å². The van der Waals surface area contributed by atoms with Gasteiger partial charge in [0.05, 0.1) is 0 Å². The van der Waals surface area contributed by atoms with E-state index in [1.165, 1.54) is 33.3 Å². The van der Waals surface area contributed by atoms with E-state index >= 15 is 0 Å². The minimum atomic E-state index is -3.17. The molecule has 0 radical (unpaired) electrons. The quantitative estimate of drug-likeness (QED) is 0.193. The first-order valence-corrected chi connectivity index (χ1v) is 18.0. The third-order valence-electron chi connectivity index (χ3n) is 6.94. The van der Waals surface area contributed by atoms with Crippen LogP contribution in [-0.4, -0.2) is 13.6 Å². The van der Waals surface area contributed by atoms with Gasteiger partial charge >= 0.3 is 231 Å². The third-order valence-corrected chi connectivity index (χ3v) is 18.9. The predicted octanol–water partition coefficient (Wildman–Crippen LogP) is 1.83. The molecule has 6 aromatic rings. The molecule has 0 aliphatic carbocycles. The van der Waals surface area contributed by atoms with Crippen LogP contribution >= 0.6 is 7.92 Å². The predicted molar refractivity (Wildman–Crippen MR) is 169 cm³/mol. The van der Waals surface area contributed by atoms with Gasteiger partial charge in [-0.1, -0.05) is 0 Å². The zero-order valence-corrected chi connectivity index (χ0v) is 25.0. The van der Waals surface area contributed by atoms with E-state index in [0.717, 1.165) is 0 Å². The maximum absolute atomic E-state index is 3.17. The molecule has 0 aromatic heterocycles. The molecule has 0 spiro atoms. The molecule has 0 unspecified atom stereocenters. The van der Waals surface area contributed by atoms with E-state index < -0.39 is 21.5 Å². The second-order valence-corrected chi connectivity index (χ2v) is 18.4. The first-order valence-electron chi connectivity index (χ1n) is 12.9. The van der Waals surface area contributed by atoms with Gasteiger partial charge in [0.15, 0.2) is 0 Å². The van der Waals surface area contributed by atoms with Crippen molar-refractivity contribution >= 4 is 54.8 Å². The fourth-order valence-corrected chi connectivity index (χ4v) is 18.1. The molecule has 0 saturated heterocycles. The van der Waals surface area contributed by atoms with Crippen LogP contribution in [0.25, 0.3) is 0 Å². The van der Waals surface area contributed by atoms with Crippen molar-refractivity contribution in [3.05, 3.63) is 176 Å². The summed E-state index contributed by atoms with van der Waals surface area (Å²) in [7, 11) is -0.759. The van der Waals surface area contributed by atoms with Crippen molar-refractivity contribution in [2.45, 2.75) is 0 Å². The first kappa shape index (κ1) is 27.2. The maximum atomic E-state index is 2.43. The van der Waals surface area contributed by atoms with Crippen molar-refractivity contribution in [3.8, 4) is 0 Å². The zero-order valence-electron chi connectivity index (χ0n) is 21.5. The molecular formula is C36H29AsClP. The van der Waals surface area contributed by atoms with E-state index in [0.29, 0.717) is 0 Å². The van der Waals surface area contributed by atoms with Crippen molar-refractivity contribution in [2.24, 2.45) is 0 Å². The van der Waals surface area contributed by atoms with Crippen molar-refractivity contribution < 1.29 is 12.4 Å². The Morgan fingerprint density at radius 3 is 1.03 bits per heavy atom. The van der Waals surface area contributed by atoms with Crippen LogP contribution in [0.15, 0.2) is 176 Å². The van der Waals surface area contributed by atoms with Crippen molar-refractivity contribution in [1.29, 1.82) is 0 Å². The molecule has 0 bridgehead atoms. The summed E-state index contributed by atoms with van der Waals surface area (Å²) in [5.41, 5.74) is 0. The molecule has 0 heterocycles. The van der Waals surface area contributed by atoms with E-state index in [1.54, 1.807) is 0 Å². The first-order chi connectivity index (χ1) is 18.9. The summed E-state index contributed by atoms with van der Waals surface area (Å²) in [6, 6.07) is 65.2. The molecule has 0 amide bonds. The Labute approximate surface area is 242 Å². The standard InChI is InChI=1S/C36H29AsP.ClH/c1-6-18-30(19-7-1)37(31-20-8-2-9-21-31,32-22-10-3-11-23-32)35-28-16-17-29-36(35)38(33-24-12-4-13-25-33)34-26-14-5-15-27-34;/h1-29H;1H/q+1;/p-1. The fourth-order valence-electron chi connectivity index (χ4n) is 5.34. The van der Waals surface area contributed by atoms with Crippen molar-refractivity contribution in [1.82, 2.24) is 0 Å². The molecule has 0 fully saturated rings. The Hall–Kier alpha value is -3.40. The van der Waals surface area contributed by atoms with Gasteiger partial charge in [-0.2, -0.15) is 0 Å². The van der Waals surface area contributed by atoms with Gasteiger partial charge in [0.25, 0.3) is 0 Å². The second-order valence-electron chi connectivity index (χ2n) is 9.17. The van der Waals surface area contributed by atoms with Crippen molar-refractivity contribution in [2.75, 3.05) is 0 Å². The topological polar surface area (TPSA) is 0 Å². The summed E-state index contributed by atoms with van der Waals surface area (Å²) in [4.78, 5) is 0. The summed E-state index contributed by atoms with van der Waals surface area (Å²) in [5, 5.41) is 4.21. The number of hydrogen-bond donors (Lipinski definition) is 0. The molecule has 190 valence electrons. The Morgan fingerprint density at radius 1 is 0.333 bits per heavy atom. The number of rotatable bonds is 7. The van der Waals surface area contributed by atoms with Gasteiger partial charge in [-0.3, -0.25) is 0 Å². The van der Waals surface area contributed by atoms with Crippen LogP contribution < -0.4 is 45.7 Å². The molecule has 3 heteroatoms. The molecule has 0 aliphatic rings. The van der Waals surface area contributed by atoms with Crippen LogP contribution in [0.1, 0.15) is 0 Å². The molecule has 6 aromatic carbocycles. The monoisotopic (exact) mass is 602 g/mol. The zero-order chi connectivity index (χ0) is 25.6. The Bertz CT molecular complexity index is 1460. The van der Waals surface area contributed by atoms with E-state index in [4.69, 9.17) is 0 Å². The van der Waals surface area contributed by atoms with E-state index in [2.05, 4.69) is 176 Å². The van der Waals surface area contributed by atoms with E-state index in [-0.39, 0.29) is 12.4 Å². The Balaban J connectivity index is 0.00000308. The molecular weight excluding hydrogens is 574 g/mol. The average molecular weight is 603 g/mol. The summed E-state index contributed by atoms with van der Waals surface area (Å²) < 4.78 is 5.80. The number of halogens is 1. The van der Waals surface area contributed by atoms with Crippen LogP contribution in [0.4, 0.5) is 0 Å². The summed E-state index contributed by atoms with van der Waals surface area (Å²) in [6.45, 7) is 0. The molecule has 0 aliphatic heterocycles. The molecule has 6 rings (SSSR count). The Kier molecular flexibility index (Phi) is 8.80. The molecule has 0 nitrogen and oxygen atoms in total. The van der Waals surface area contributed by atoms with Crippen molar-refractivity contribution in [3.63, 3.8) is 0 Å². The summed E-state index contributed by atoms with van der Waals surface area (Å²) >= 11 is -3.17. The fraction of sp³-hybridized carbons (Fsp3) is 0. The third kappa shape index (κ3) is 5.26. The van der Waals surface area contributed by atoms with Gasteiger partial charge in [0, 0.05) is 0 Å². The van der Waals surface area contributed by atoms with E-state index in [1.807, 2.05) is 0 Å². The minimum absolute atomic E-state index is 0. The number of hydrogen-bond acceptors (Lipinski definition) is 0. The van der Waals surface area contributed by atoms with Crippen LogP contribution in [0.3, 0.4) is 0 Å². The van der Waals surface area contributed by atoms with Crippen LogP contribution in [0.2, 0.25) is 0 Å². The molecule has 0 atom stereocenters. The van der Waals surface area contributed by atoms with Gasteiger partial charge in [0.2, 0.25) is 0 Å².